The number of nitrogens with one attached hydrogen (secondary N) is 1. The van der Waals surface area contributed by atoms with Crippen molar-refractivity contribution in [1.82, 2.24) is 0 Å². The molecule has 0 radical (unpaired) electrons. The Kier molecular flexibility index (Phi) is 6.29. The summed E-state index contributed by atoms with van der Waals surface area (Å²) >= 11 is 6.17. The van der Waals surface area contributed by atoms with Crippen LogP contribution in [0.3, 0.4) is 0 Å². The molecule has 0 unspecified atom stereocenters. The summed E-state index contributed by atoms with van der Waals surface area (Å²) in [6, 6.07) is 26.1. The molecular weight excluding hydrogens is 564 g/mol. The SMILES string of the molecule is CC(=O)Oc1ccc(C(=O)[C@@H]2[C@H](C(=O)c3ccc(Cl)cc3)[C@]3(C(=O)Nc4ccccc43)[C@@H]3C=Cc4ccccc4N23)cc1. The van der Waals surface area contributed by atoms with E-state index >= 15 is 0 Å². The van der Waals surface area contributed by atoms with Gasteiger partial charge in [0.05, 0.1) is 12.0 Å². The lowest BCUT2D eigenvalue weighted by Crippen LogP contribution is -2.51. The highest BCUT2D eigenvalue weighted by Gasteiger charge is 2.70. The summed E-state index contributed by atoms with van der Waals surface area (Å²) < 4.78 is 5.18. The van der Waals surface area contributed by atoms with Crippen LogP contribution in [0.5, 0.6) is 5.75 Å². The largest absolute Gasteiger partial charge is 0.427 e. The van der Waals surface area contributed by atoms with Crippen LogP contribution in [0.15, 0.2) is 103 Å². The molecule has 3 aliphatic heterocycles. The van der Waals surface area contributed by atoms with E-state index in [1.807, 2.05) is 65.6 Å². The van der Waals surface area contributed by atoms with Gasteiger partial charge in [-0.3, -0.25) is 19.2 Å². The number of amides is 1. The van der Waals surface area contributed by atoms with Gasteiger partial charge in [-0.2, -0.15) is 0 Å². The van der Waals surface area contributed by atoms with Crippen molar-refractivity contribution in [3.05, 3.63) is 130 Å². The van der Waals surface area contributed by atoms with E-state index in [2.05, 4.69) is 5.32 Å². The van der Waals surface area contributed by atoms with E-state index in [4.69, 9.17) is 16.3 Å². The number of halogens is 1. The second kappa shape index (κ2) is 10.1. The van der Waals surface area contributed by atoms with Gasteiger partial charge in [-0.25, -0.2) is 0 Å². The van der Waals surface area contributed by atoms with Gasteiger partial charge in [0.25, 0.3) is 0 Å². The normalized spacial score (nSPS) is 22.9. The van der Waals surface area contributed by atoms with E-state index in [1.54, 1.807) is 48.5 Å². The fraction of sp³-hybridized carbons (Fsp3) is 0.143. The summed E-state index contributed by atoms with van der Waals surface area (Å²) in [6.45, 7) is 1.30. The molecule has 3 aliphatic rings. The lowest BCUT2D eigenvalue weighted by atomic mass is 9.64. The van der Waals surface area contributed by atoms with Gasteiger partial charge in [-0.05, 0) is 71.8 Å². The van der Waals surface area contributed by atoms with E-state index in [0.717, 1.165) is 11.3 Å². The number of para-hydroxylation sites is 2. The predicted octanol–water partition coefficient (Wildman–Crippen LogP) is 6.12. The first-order valence-corrected chi connectivity index (χ1v) is 14.3. The Labute approximate surface area is 252 Å². The number of carbonyl (C=O) groups excluding carboxylic acids is 4. The second-order valence-electron chi connectivity index (χ2n) is 10.9. The average Bonchev–Trinajstić information content (AvgIpc) is 3.49. The number of hydrogen-bond donors (Lipinski definition) is 1. The van der Waals surface area contributed by atoms with Crippen molar-refractivity contribution in [1.29, 1.82) is 0 Å². The fourth-order valence-electron chi connectivity index (χ4n) is 6.94. The zero-order valence-corrected chi connectivity index (χ0v) is 23.7. The smallest absolute Gasteiger partial charge is 0.308 e. The summed E-state index contributed by atoms with van der Waals surface area (Å²) in [5.41, 5.74) is 2.20. The quantitative estimate of drug-likeness (QED) is 0.171. The first-order valence-electron chi connectivity index (χ1n) is 13.9. The van der Waals surface area contributed by atoms with Gasteiger partial charge >= 0.3 is 5.97 Å². The van der Waals surface area contributed by atoms with Gasteiger partial charge < -0.3 is 15.0 Å². The molecule has 0 aliphatic carbocycles. The van der Waals surface area contributed by atoms with Gasteiger partial charge in [0.1, 0.15) is 17.2 Å². The number of esters is 1. The molecule has 0 saturated carbocycles. The summed E-state index contributed by atoms with van der Waals surface area (Å²) in [7, 11) is 0. The molecule has 7 nitrogen and oxygen atoms in total. The van der Waals surface area contributed by atoms with Crippen LogP contribution in [0.4, 0.5) is 11.4 Å². The highest BCUT2D eigenvalue weighted by molar-refractivity contribution is 6.30. The molecule has 3 heterocycles. The van der Waals surface area contributed by atoms with Crippen LogP contribution in [0.2, 0.25) is 5.02 Å². The number of benzene rings is 4. The molecule has 0 bridgehead atoms. The van der Waals surface area contributed by atoms with Crippen LogP contribution in [-0.4, -0.2) is 35.5 Å². The minimum Gasteiger partial charge on any atom is -0.427 e. The number of anilines is 2. The van der Waals surface area contributed by atoms with Gasteiger partial charge in [0.2, 0.25) is 5.91 Å². The van der Waals surface area contributed by atoms with Gasteiger partial charge in [-0.15, -0.1) is 0 Å². The Morgan fingerprint density at radius 2 is 1.49 bits per heavy atom. The molecule has 4 aromatic rings. The first kappa shape index (κ1) is 26.9. The Balaban J connectivity index is 1.48. The summed E-state index contributed by atoms with van der Waals surface area (Å²) in [4.78, 5) is 57.3. The zero-order chi connectivity index (χ0) is 29.9. The zero-order valence-electron chi connectivity index (χ0n) is 23.0. The molecule has 7 rings (SSSR count). The molecule has 1 fully saturated rings. The van der Waals surface area contributed by atoms with E-state index in [1.165, 1.54) is 6.92 Å². The molecule has 4 atom stereocenters. The molecule has 1 spiro atoms. The topological polar surface area (TPSA) is 92.8 Å². The highest BCUT2D eigenvalue weighted by Crippen LogP contribution is 2.58. The van der Waals surface area contributed by atoms with E-state index < -0.39 is 29.4 Å². The Morgan fingerprint density at radius 3 is 2.23 bits per heavy atom. The molecule has 0 aromatic heterocycles. The van der Waals surface area contributed by atoms with Gasteiger partial charge in [-0.1, -0.05) is 60.2 Å². The first-order chi connectivity index (χ1) is 20.8. The standard InChI is InChI=1S/C35H25ClN2O5/c1-20(39)43-25-17-12-23(13-18-25)33(41)31-30(32(40)22-10-15-24(36)16-11-22)35(26-7-3-4-8-27(26)37-34(35)42)29-19-14-21-6-2-5-9-28(21)38(29)31/h2-19,29-31H,1H3,(H,37,42)/t29-,30+,31-,35+/m0/s1. The molecule has 1 amide bonds. The van der Waals surface area contributed by atoms with Crippen molar-refractivity contribution in [3.63, 3.8) is 0 Å². The van der Waals surface area contributed by atoms with Crippen molar-refractivity contribution < 1.29 is 23.9 Å². The lowest BCUT2D eigenvalue weighted by molar-refractivity contribution is -0.131. The number of Topliss-reactive ketones (excluding diaryl/α,β-unsaturated/α-hetero) is 2. The summed E-state index contributed by atoms with van der Waals surface area (Å²) in [6.07, 6.45) is 3.89. The van der Waals surface area contributed by atoms with Crippen molar-refractivity contribution in [2.75, 3.05) is 10.2 Å². The predicted molar refractivity (Wildman–Crippen MR) is 164 cm³/mol. The Morgan fingerprint density at radius 1 is 0.837 bits per heavy atom. The van der Waals surface area contributed by atoms with Gasteiger partial charge in [0.15, 0.2) is 11.6 Å². The molecule has 43 heavy (non-hydrogen) atoms. The van der Waals surface area contributed by atoms with Crippen molar-refractivity contribution in [2.24, 2.45) is 5.92 Å². The van der Waals surface area contributed by atoms with Crippen LogP contribution in [0, 0.1) is 5.92 Å². The fourth-order valence-corrected chi connectivity index (χ4v) is 7.06. The van der Waals surface area contributed by atoms with Crippen LogP contribution >= 0.6 is 11.6 Å². The third-order valence-corrected chi connectivity index (χ3v) is 8.87. The molecule has 1 N–H and O–H groups in total. The van der Waals surface area contributed by atoms with Crippen LogP contribution in [0.25, 0.3) is 6.08 Å². The number of hydrogen-bond acceptors (Lipinski definition) is 6. The van der Waals surface area contributed by atoms with E-state index in [-0.39, 0.29) is 17.5 Å². The van der Waals surface area contributed by atoms with Gasteiger partial charge in [0, 0.05) is 34.4 Å². The third kappa shape index (κ3) is 4.03. The molecule has 8 heteroatoms. The summed E-state index contributed by atoms with van der Waals surface area (Å²) in [5, 5.41) is 3.49. The maximum Gasteiger partial charge on any atom is 0.308 e. The minimum atomic E-state index is -1.41. The van der Waals surface area contributed by atoms with Crippen LogP contribution < -0.4 is 15.0 Å². The molecule has 4 aromatic carbocycles. The third-order valence-electron chi connectivity index (χ3n) is 8.62. The molecule has 1 saturated heterocycles. The molecular formula is C35H25ClN2O5. The maximum absolute atomic E-state index is 14.8. The average molecular weight is 589 g/mol. The number of carbonyl (C=O) groups is 4. The minimum absolute atomic E-state index is 0.300. The van der Waals surface area contributed by atoms with Crippen LogP contribution in [-0.2, 0) is 15.0 Å². The van der Waals surface area contributed by atoms with E-state index in [0.29, 0.717) is 33.1 Å². The maximum atomic E-state index is 14.8. The number of fused-ring (bicyclic) bond motifs is 6. The second-order valence-corrected chi connectivity index (χ2v) is 11.4. The Bertz CT molecular complexity index is 1850. The Hall–Kier alpha value is -5.01. The number of rotatable bonds is 5. The van der Waals surface area contributed by atoms with Crippen molar-refractivity contribution in [3.8, 4) is 5.75 Å². The summed E-state index contributed by atoms with van der Waals surface area (Å²) in [5.74, 6) is -2.27. The van der Waals surface area contributed by atoms with Crippen molar-refractivity contribution in [2.45, 2.75) is 24.4 Å². The molecule has 212 valence electrons. The highest BCUT2D eigenvalue weighted by atomic mass is 35.5. The monoisotopic (exact) mass is 588 g/mol. The number of ketones is 2. The van der Waals surface area contributed by atoms with E-state index in [9.17, 15) is 19.2 Å². The van der Waals surface area contributed by atoms with Crippen molar-refractivity contribution >= 4 is 52.5 Å². The lowest BCUT2D eigenvalue weighted by Gasteiger charge is -2.37. The van der Waals surface area contributed by atoms with Crippen LogP contribution in [0.1, 0.15) is 38.8 Å². The number of ether oxygens (including phenoxy) is 1. The number of nitrogens with zero attached hydrogens (tertiary/aromatic N) is 1.